The van der Waals surface area contributed by atoms with Gasteiger partial charge in [0, 0.05) is 37.5 Å². The average molecular weight is 413 g/mol. The number of ether oxygens (including phenoxy) is 2. The number of hydrogen-bond donors (Lipinski definition) is 1. The zero-order valence-electron chi connectivity index (χ0n) is 17.7. The molecule has 2 amide bonds. The highest BCUT2D eigenvalue weighted by molar-refractivity contribution is 5.94. The van der Waals surface area contributed by atoms with Crippen LogP contribution in [0.4, 0.5) is 5.69 Å². The van der Waals surface area contributed by atoms with E-state index >= 15 is 0 Å². The maximum Gasteiger partial charge on any atom is 0.233 e. The lowest BCUT2D eigenvalue weighted by molar-refractivity contribution is -0.189. The smallest absolute Gasteiger partial charge is 0.233 e. The van der Waals surface area contributed by atoms with Crippen LogP contribution in [0.15, 0.2) is 24.3 Å². The minimum Gasteiger partial charge on any atom is -0.347 e. The summed E-state index contributed by atoms with van der Waals surface area (Å²) in [5.41, 5.74) is 1.47. The summed E-state index contributed by atoms with van der Waals surface area (Å²) in [5, 5.41) is 3.00. The first-order chi connectivity index (χ1) is 14.6. The lowest BCUT2D eigenvalue weighted by Gasteiger charge is -2.44. The lowest BCUT2D eigenvalue weighted by atomic mass is 9.68. The van der Waals surface area contributed by atoms with Crippen molar-refractivity contribution in [3.8, 4) is 0 Å². The molecule has 2 saturated carbocycles. The summed E-state index contributed by atoms with van der Waals surface area (Å²) in [4.78, 5) is 27.9. The van der Waals surface area contributed by atoms with Crippen LogP contribution in [-0.2, 0) is 24.5 Å². The number of piperidine rings is 1. The Kier molecular flexibility index (Phi) is 5.31. The van der Waals surface area contributed by atoms with Gasteiger partial charge in [0.05, 0.1) is 18.6 Å². The first-order valence-corrected chi connectivity index (χ1v) is 11.6. The average Bonchev–Trinajstić information content (AvgIpc) is 3.56. The number of nitrogens with one attached hydrogen (secondary N) is 1. The molecule has 4 fully saturated rings. The third-order valence-corrected chi connectivity index (χ3v) is 7.40. The molecule has 2 aliphatic heterocycles. The molecular formula is C24H32N2O4. The molecule has 4 aliphatic rings. The van der Waals surface area contributed by atoms with Gasteiger partial charge in [-0.3, -0.25) is 9.59 Å². The zero-order valence-corrected chi connectivity index (χ0v) is 17.7. The fraction of sp³-hybridized carbons (Fsp3) is 0.667. The van der Waals surface area contributed by atoms with E-state index in [0.29, 0.717) is 26.3 Å². The van der Waals surface area contributed by atoms with Crippen LogP contribution in [0, 0.1) is 5.92 Å². The topological polar surface area (TPSA) is 67.9 Å². The quantitative estimate of drug-likeness (QED) is 0.820. The molecule has 0 bridgehead atoms. The van der Waals surface area contributed by atoms with E-state index in [1.54, 1.807) is 0 Å². The number of hydrogen-bond acceptors (Lipinski definition) is 4. The number of nitrogens with zero attached hydrogens (tertiary/aromatic N) is 1. The molecule has 30 heavy (non-hydrogen) atoms. The molecular weight excluding hydrogens is 380 g/mol. The van der Waals surface area contributed by atoms with Crippen LogP contribution in [-0.4, -0.2) is 48.8 Å². The highest BCUT2D eigenvalue weighted by atomic mass is 16.7. The van der Waals surface area contributed by atoms with Gasteiger partial charge in [0.15, 0.2) is 5.79 Å². The molecule has 0 aromatic heterocycles. The van der Waals surface area contributed by atoms with Crippen molar-refractivity contribution < 1.29 is 19.1 Å². The molecule has 2 saturated heterocycles. The Bertz CT molecular complexity index is 780. The van der Waals surface area contributed by atoms with E-state index in [2.05, 4.69) is 17.4 Å². The van der Waals surface area contributed by atoms with Crippen molar-refractivity contribution in [2.75, 3.05) is 31.6 Å². The summed E-state index contributed by atoms with van der Waals surface area (Å²) >= 11 is 0. The van der Waals surface area contributed by atoms with Gasteiger partial charge in [0.2, 0.25) is 11.8 Å². The fourth-order valence-corrected chi connectivity index (χ4v) is 5.38. The van der Waals surface area contributed by atoms with Crippen molar-refractivity contribution in [3.63, 3.8) is 0 Å². The summed E-state index contributed by atoms with van der Waals surface area (Å²) in [5.74, 6) is 0.0959. The predicted molar refractivity (Wildman–Crippen MR) is 113 cm³/mol. The lowest BCUT2D eigenvalue weighted by Crippen LogP contribution is -2.53. The van der Waals surface area contributed by atoms with E-state index in [0.717, 1.165) is 62.6 Å². The Hall–Kier alpha value is -1.92. The maximum atomic E-state index is 13.8. The molecule has 5 rings (SSSR count). The molecule has 6 nitrogen and oxygen atoms in total. The number of amides is 2. The third-order valence-electron chi connectivity index (χ3n) is 7.40. The monoisotopic (exact) mass is 412 g/mol. The molecule has 2 aliphatic carbocycles. The zero-order chi connectivity index (χ0) is 20.6. The molecule has 162 valence electrons. The second kappa shape index (κ2) is 7.97. The minimum absolute atomic E-state index is 0.116. The second-order valence-electron chi connectivity index (χ2n) is 9.38. The van der Waals surface area contributed by atoms with Gasteiger partial charge in [-0.25, -0.2) is 0 Å². The van der Waals surface area contributed by atoms with Gasteiger partial charge in [-0.05, 0) is 43.4 Å². The molecule has 2 heterocycles. The Morgan fingerprint density at radius 1 is 0.900 bits per heavy atom. The number of rotatable bonds is 4. The Morgan fingerprint density at radius 2 is 1.53 bits per heavy atom. The SMILES string of the molecule is O=C(Nc1ccc(C2(C(=O)N3CCC4(CC3)OCCO4)CCCCC2)cc1)C1CC1. The summed E-state index contributed by atoms with van der Waals surface area (Å²) in [7, 11) is 0. The number of anilines is 1. The fourth-order valence-electron chi connectivity index (χ4n) is 5.38. The van der Waals surface area contributed by atoms with E-state index in [1.165, 1.54) is 6.42 Å². The standard InChI is InChI=1S/C24H32N2O4/c27-21(18-4-5-18)25-20-8-6-19(7-9-20)23(10-2-1-3-11-23)22(28)26-14-12-24(13-15-26)29-16-17-30-24/h6-9,18H,1-5,10-17H2,(H,25,27). The Labute approximate surface area is 178 Å². The van der Waals surface area contributed by atoms with Crippen LogP contribution < -0.4 is 5.32 Å². The van der Waals surface area contributed by atoms with E-state index in [1.807, 2.05) is 17.0 Å². The van der Waals surface area contributed by atoms with Gasteiger partial charge < -0.3 is 19.7 Å². The van der Waals surface area contributed by atoms with Crippen LogP contribution in [0.1, 0.15) is 63.4 Å². The van der Waals surface area contributed by atoms with Gasteiger partial charge in [-0.2, -0.15) is 0 Å². The number of likely N-dealkylation sites (tertiary alicyclic amines) is 1. The molecule has 1 aromatic carbocycles. The summed E-state index contributed by atoms with van der Waals surface area (Å²) in [6.07, 6.45) is 8.63. The Morgan fingerprint density at radius 3 is 2.13 bits per heavy atom. The highest BCUT2D eigenvalue weighted by Gasteiger charge is 2.47. The van der Waals surface area contributed by atoms with E-state index in [9.17, 15) is 9.59 Å². The normalized spacial score (nSPS) is 25.3. The highest BCUT2D eigenvalue weighted by Crippen LogP contribution is 2.43. The van der Waals surface area contributed by atoms with E-state index < -0.39 is 11.2 Å². The molecule has 0 radical (unpaired) electrons. The van der Waals surface area contributed by atoms with Crippen molar-refractivity contribution in [1.82, 2.24) is 4.90 Å². The molecule has 1 spiro atoms. The molecule has 0 unspecified atom stereocenters. The molecule has 1 aromatic rings. The van der Waals surface area contributed by atoms with E-state index in [4.69, 9.17) is 9.47 Å². The third kappa shape index (κ3) is 3.76. The second-order valence-corrected chi connectivity index (χ2v) is 9.38. The van der Waals surface area contributed by atoms with Gasteiger partial charge in [0.1, 0.15) is 0 Å². The first kappa shape index (κ1) is 20.0. The van der Waals surface area contributed by atoms with Crippen molar-refractivity contribution in [3.05, 3.63) is 29.8 Å². The van der Waals surface area contributed by atoms with Gasteiger partial charge in [-0.1, -0.05) is 31.4 Å². The van der Waals surface area contributed by atoms with Gasteiger partial charge >= 0.3 is 0 Å². The predicted octanol–water partition coefficient (Wildman–Crippen LogP) is 3.60. The number of carbonyl (C=O) groups excluding carboxylic acids is 2. The number of carbonyl (C=O) groups is 2. The summed E-state index contributed by atoms with van der Waals surface area (Å²) in [6, 6.07) is 8.04. The van der Waals surface area contributed by atoms with Crippen LogP contribution in [0.3, 0.4) is 0 Å². The van der Waals surface area contributed by atoms with E-state index in [-0.39, 0.29) is 17.7 Å². The van der Waals surface area contributed by atoms with Crippen molar-refractivity contribution in [2.24, 2.45) is 5.92 Å². The summed E-state index contributed by atoms with van der Waals surface area (Å²) < 4.78 is 11.7. The Balaban J connectivity index is 1.32. The summed E-state index contributed by atoms with van der Waals surface area (Å²) in [6.45, 7) is 2.69. The van der Waals surface area contributed by atoms with Crippen LogP contribution >= 0.6 is 0 Å². The van der Waals surface area contributed by atoms with Crippen LogP contribution in [0.2, 0.25) is 0 Å². The van der Waals surface area contributed by atoms with Crippen molar-refractivity contribution >= 4 is 17.5 Å². The maximum absolute atomic E-state index is 13.8. The molecule has 0 atom stereocenters. The van der Waals surface area contributed by atoms with Crippen molar-refractivity contribution in [1.29, 1.82) is 0 Å². The largest absolute Gasteiger partial charge is 0.347 e. The van der Waals surface area contributed by atoms with Crippen molar-refractivity contribution in [2.45, 2.75) is 69.0 Å². The molecule has 1 N–H and O–H groups in total. The van der Waals surface area contributed by atoms with Crippen LogP contribution in [0.25, 0.3) is 0 Å². The number of benzene rings is 1. The van der Waals surface area contributed by atoms with Gasteiger partial charge in [0.25, 0.3) is 0 Å². The first-order valence-electron chi connectivity index (χ1n) is 11.6. The van der Waals surface area contributed by atoms with Gasteiger partial charge in [-0.15, -0.1) is 0 Å². The van der Waals surface area contributed by atoms with Crippen LogP contribution in [0.5, 0.6) is 0 Å². The molecule has 6 heteroatoms. The minimum atomic E-state index is -0.460.